The van der Waals surface area contributed by atoms with E-state index in [9.17, 15) is 9.18 Å². The third-order valence-electron chi connectivity index (χ3n) is 2.85. The summed E-state index contributed by atoms with van der Waals surface area (Å²) in [5.74, 6) is -1.47. The van der Waals surface area contributed by atoms with E-state index in [2.05, 4.69) is 26.2 Å². The minimum Gasteiger partial charge on any atom is -0.476 e. The molecule has 7 heteroatoms. The molecular formula is C13H13BrFN3O2. The number of carboxylic acids is 1. The Morgan fingerprint density at radius 3 is 2.90 bits per heavy atom. The lowest BCUT2D eigenvalue weighted by atomic mass is 10.2. The highest BCUT2D eigenvalue weighted by molar-refractivity contribution is 9.10. The largest absolute Gasteiger partial charge is 0.476 e. The molecule has 1 heterocycles. The third kappa shape index (κ3) is 3.04. The quantitative estimate of drug-likeness (QED) is 0.907. The van der Waals surface area contributed by atoms with Crippen LogP contribution < -0.4 is 0 Å². The number of hydrogen-bond acceptors (Lipinski definition) is 3. The number of halogens is 2. The maximum atomic E-state index is 13.7. The predicted molar refractivity (Wildman–Crippen MR) is 74.2 cm³/mol. The van der Waals surface area contributed by atoms with Gasteiger partial charge in [0.05, 0.1) is 12.2 Å². The number of benzene rings is 1. The minimum atomic E-state index is -1.12. The van der Waals surface area contributed by atoms with E-state index >= 15 is 0 Å². The van der Waals surface area contributed by atoms with Crippen LogP contribution in [0.2, 0.25) is 0 Å². The van der Waals surface area contributed by atoms with Crippen LogP contribution in [0.1, 0.15) is 35.1 Å². The zero-order valence-electron chi connectivity index (χ0n) is 10.8. The lowest BCUT2D eigenvalue weighted by Crippen LogP contribution is -2.10. The standard InChI is InChI=1S/C13H13BrFN3O2/c1-2-3-11-12(13(19)20)16-17-18(11)7-8-6-9(14)4-5-10(8)15/h4-6H,2-3,7H2,1H3,(H,19,20). The van der Waals surface area contributed by atoms with Crippen LogP contribution in [0.25, 0.3) is 0 Å². The van der Waals surface area contributed by atoms with Crippen molar-refractivity contribution in [1.29, 1.82) is 0 Å². The smallest absolute Gasteiger partial charge is 0.358 e. The molecule has 1 aromatic heterocycles. The van der Waals surface area contributed by atoms with E-state index in [4.69, 9.17) is 5.11 Å². The van der Waals surface area contributed by atoms with E-state index in [0.717, 1.165) is 10.9 Å². The molecule has 0 spiro atoms. The van der Waals surface area contributed by atoms with Crippen molar-refractivity contribution in [1.82, 2.24) is 15.0 Å². The van der Waals surface area contributed by atoms with Crippen molar-refractivity contribution in [3.8, 4) is 0 Å². The summed E-state index contributed by atoms with van der Waals surface area (Å²) in [5, 5.41) is 16.6. The van der Waals surface area contributed by atoms with Gasteiger partial charge in [-0.15, -0.1) is 5.10 Å². The Morgan fingerprint density at radius 1 is 1.50 bits per heavy atom. The summed E-state index contributed by atoms with van der Waals surface area (Å²) < 4.78 is 15.9. The zero-order chi connectivity index (χ0) is 14.7. The van der Waals surface area contributed by atoms with Crippen LogP contribution in [0.5, 0.6) is 0 Å². The van der Waals surface area contributed by atoms with Gasteiger partial charge in [0.15, 0.2) is 5.69 Å². The molecule has 0 aliphatic carbocycles. The lowest BCUT2D eigenvalue weighted by Gasteiger charge is -2.07. The molecule has 0 aliphatic rings. The van der Waals surface area contributed by atoms with E-state index in [-0.39, 0.29) is 18.1 Å². The second-order valence-electron chi connectivity index (χ2n) is 4.33. The summed E-state index contributed by atoms with van der Waals surface area (Å²) in [5.41, 5.74) is 0.875. The van der Waals surface area contributed by atoms with Crippen molar-refractivity contribution in [2.75, 3.05) is 0 Å². The first-order chi connectivity index (χ1) is 9.52. The number of nitrogens with zero attached hydrogens (tertiary/aromatic N) is 3. The average molecular weight is 342 g/mol. The van der Waals surface area contributed by atoms with E-state index in [0.29, 0.717) is 17.7 Å². The van der Waals surface area contributed by atoms with Crippen LogP contribution in [0.15, 0.2) is 22.7 Å². The summed E-state index contributed by atoms with van der Waals surface area (Å²) in [6.45, 7) is 2.09. The second kappa shape index (κ2) is 6.13. The molecule has 0 unspecified atom stereocenters. The fourth-order valence-corrected chi connectivity index (χ4v) is 2.34. The van der Waals surface area contributed by atoms with Crippen LogP contribution in [-0.4, -0.2) is 26.1 Å². The fraction of sp³-hybridized carbons (Fsp3) is 0.308. The van der Waals surface area contributed by atoms with Crippen molar-refractivity contribution in [3.63, 3.8) is 0 Å². The molecule has 5 nitrogen and oxygen atoms in total. The maximum absolute atomic E-state index is 13.7. The number of rotatable bonds is 5. The number of hydrogen-bond donors (Lipinski definition) is 1. The SMILES string of the molecule is CCCc1c(C(=O)O)nnn1Cc1cc(Br)ccc1F. The van der Waals surface area contributed by atoms with Gasteiger partial charge in [-0.25, -0.2) is 13.9 Å². The molecule has 0 bridgehead atoms. The van der Waals surface area contributed by atoms with Gasteiger partial charge < -0.3 is 5.11 Å². The van der Waals surface area contributed by atoms with E-state index in [1.54, 1.807) is 12.1 Å². The first-order valence-corrected chi connectivity index (χ1v) is 6.91. The fourth-order valence-electron chi connectivity index (χ4n) is 1.94. The number of aromatic nitrogens is 3. The maximum Gasteiger partial charge on any atom is 0.358 e. The van der Waals surface area contributed by atoms with Crippen LogP contribution >= 0.6 is 15.9 Å². The number of carboxylic acid groups (broad SMARTS) is 1. The molecule has 0 aliphatic heterocycles. The van der Waals surface area contributed by atoms with Crippen LogP contribution in [0.4, 0.5) is 4.39 Å². The average Bonchev–Trinajstić information content (AvgIpc) is 2.78. The Kier molecular flexibility index (Phi) is 4.49. The van der Waals surface area contributed by atoms with Crippen molar-refractivity contribution in [2.45, 2.75) is 26.3 Å². The Labute approximate surface area is 123 Å². The second-order valence-corrected chi connectivity index (χ2v) is 5.25. The van der Waals surface area contributed by atoms with Gasteiger partial charge in [0.1, 0.15) is 5.82 Å². The molecule has 2 rings (SSSR count). The predicted octanol–water partition coefficient (Wildman–Crippen LogP) is 2.88. The van der Waals surface area contributed by atoms with Gasteiger partial charge >= 0.3 is 5.97 Å². The highest BCUT2D eigenvalue weighted by atomic mass is 79.9. The topological polar surface area (TPSA) is 68.0 Å². The van der Waals surface area contributed by atoms with Gasteiger partial charge in [0, 0.05) is 10.0 Å². The lowest BCUT2D eigenvalue weighted by molar-refractivity contribution is 0.0689. The van der Waals surface area contributed by atoms with Gasteiger partial charge in [-0.1, -0.05) is 34.5 Å². The summed E-state index contributed by atoms with van der Waals surface area (Å²) in [4.78, 5) is 11.1. The van der Waals surface area contributed by atoms with Crippen molar-refractivity contribution >= 4 is 21.9 Å². The van der Waals surface area contributed by atoms with E-state index in [1.165, 1.54) is 10.7 Å². The molecule has 0 fully saturated rings. The molecular weight excluding hydrogens is 329 g/mol. The van der Waals surface area contributed by atoms with Gasteiger partial charge in [-0.2, -0.15) is 0 Å². The van der Waals surface area contributed by atoms with Gasteiger partial charge in [-0.05, 0) is 24.6 Å². The van der Waals surface area contributed by atoms with E-state index in [1.807, 2.05) is 6.92 Å². The molecule has 0 atom stereocenters. The monoisotopic (exact) mass is 341 g/mol. The highest BCUT2D eigenvalue weighted by Gasteiger charge is 2.19. The Balaban J connectivity index is 2.38. The molecule has 20 heavy (non-hydrogen) atoms. The van der Waals surface area contributed by atoms with E-state index < -0.39 is 5.97 Å². The van der Waals surface area contributed by atoms with Crippen molar-refractivity contribution in [2.24, 2.45) is 0 Å². The first kappa shape index (κ1) is 14.6. The summed E-state index contributed by atoms with van der Waals surface area (Å²) in [7, 11) is 0. The summed E-state index contributed by atoms with van der Waals surface area (Å²) in [6.07, 6.45) is 1.29. The van der Waals surface area contributed by atoms with Crippen molar-refractivity contribution in [3.05, 3.63) is 45.4 Å². The Morgan fingerprint density at radius 2 is 2.25 bits per heavy atom. The van der Waals surface area contributed by atoms with Crippen LogP contribution in [0, 0.1) is 5.82 Å². The summed E-state index contributed by atoms with van der Waals surface area (Å²) in [6, 6.07) is 4.61. The third-order valence-corrected chi connectivity index (χ3v) is 3.35. The molecule has 0 saturated carbocycles. The molecule has 0 radical (unpaired) electrons. The number of carbonyl (C=O) groups is 1. The summed E-state index contributed by atoms with van der Waals surface area (Å²) >= 11 is 3.28. The molecule has 0 amide bonds. The van der Waals surface area contributed by atoms with Gasteiger partial charge in [-0.3, -0.25) is 0 Å². The van der Waals surface area contributed by atoms with Gasteiger partial charge in [0.2, 0.25) is 0 Å². The molecule has 0 saturated heterocycles. The molecule has 106 valence electrons. The molecule has 2 aromatic rings. The minimum absolute atomic E-state index is 0.0674. The van der Waals surface area contributed by atoms with Gasteiger partial charge in [0.25, 0.3) is 0 Å². The van der Waals surface area contributed by atoms with Crippen LogP contribution in [-0.2, 0) is 13.0 Å². The Hall–Kier alpha value is -1.76. The highest BCUT2D eigenvalue weighted by Crippen LogP contribution is 2.18. The number of aromatic carboxylic acids is 1. The van der Waals surface area contributed by atoms with Crippen LogP contribution in [0.3, 0.4) is 0 Å². The Bertz CT molecular complexity index is 643. The van der Waals surface area contributed by atoms with Crippen molar-refractivity contribution < 1.29 is 14.3 Å². The molecule has 1 aromatic carbocycles. The zero-order valence-corrected chi connectivity index (χ0v) is 12.4. The molecule has 1 N–H and O–H groups in total. The normalized spacial score (nSPS) is 10.8. The first-order valence-electron chi connectivity index (χ1n) is 6.12.